The van der Waals surface area contributed by atoms with Gasteiger partial charge in [0.05, 0.1) is 23.0 Å². The van der Waals surface area contributed by atoms with Gasteiger partial charge in [0.1, 0.15) is 12.3 Å². The molecule has 1 aliphatic heterocycles. The SMILES string of the molecule is O=C(COc1ccc([N+](=O)[O-])cc1Cl)Nc1ccc(C[NH+]2CCCC2)cc1. The number of nitro groups is 1. The molecular weight excluding hydrogens is 370 g/mol. The minimum absolute atomic E-state index is 0.0887. The minimum atomic E-state index is -0.544. The number of nitrogens with zero attached hydrogens (tertiary/aromatic N) is 1. The van der Waals surface area contributed by atoms with Gasteiger partial charge in [-0.2, -0.15) is 0 Å². The van der Waals surface area contributed by atoms with Gasteiger partial charge in [-0.3, -0.25) is 14.9 Å². The van der Waals surface area contributed by atoms with E-state index in [4.69, 9.17) is 16.3 Å². The Morgan fingerprint density at radius 2 is 1.89 bits per heavy atom. The largest absolute Gasteiger partial charge is 0.482 e. The number of non-ortho nitro benzene ring substituents is 1. The lowest BCUT2D eigenvalue weighted by Crippen LogP contribution is -3.08. The predicted octanol–water partition coefficient (Wildman–Crippen LogP) is 2.44. The Labute approximate surface area is 162 Å². The number of carbonyl (C=O) groups excluding carboxylic acids is 1. The van der Waals surface area contributed by atoms with E-state index >= 15 is 0 Å². The first-order valence-corrected chi connectivity index (χ1v) is 9.18. The first-order chi connectivity index (χ1) is 13.0. The summed E-state index contributed by atoms with van der Waals surface area (Å²) in [4.78, 5) is 23.8. The van der Waals surface area contributed by atoms with Crippen LogP contribution in [-0.4, -0.2) is 30.5 Å². The highest BCUT2D eigenvalue weighted by Crippen LogP contribution is 2.28. The molecular formula is C19H21ClN3O4+. The quantitative estimate of drug-likeness (QED) is 0.561. The number of quaternary nitrogens is 1. The number of amides is 1. The summed E-state index contributed by atoms with van der Waals surface area (Å²) in [7, 11) is 0. The molecule has 0 bridgehead atoms. The second-order valence-electron chi connectivity index (χ2n) is 6.54. The van der Waals surface area contributed by atoms with Crippen LogP contribution in [0.4, 0.5) is 11.4 Å². The Morgan fingerprint density at radius 1 is 1.19 bits per heavy atom. The first kappa shape index (κ1) is 19.1. The van der Waals surface area contributed by atoms with E-state index in [2.05, 4.69) is 5.32 Å². The van der Waals surface area contributed by atoms with Crippen molar-refractivity contribution in [1.82, 2.24) is 0 Å². The van der Waals surface area contributed by atoms with Crippen molar-refractivity contribution in [3.63, 3.8) is 0 Å². The van der Waals surface area contributed by atoms with E-state index < -0.39 is 4.92 Å². The molecule has 7 nitrogen and oxygen atoms in total. The Kier molecular flexibility index (Phi) is 6.26. The summed E-state index contributed by atoms with van der Waals surface area (Å²) in [6.07, 6.45) is 2.59. The van der Waals surface area contributed by atoms with Crippen LogP contribution in [-0.2, 0) is 11.3 Å². The lowest BCUT2D eigenvalue weighted by atomic mass is 10.2. The number of hydrogen-bond acceptors (Lipinski definition) is 4. The summed E-state index contributed by atoms with van der Waals surface area (Å²) >= 11 is 5.94. The van der Waals surface area contributed by atoms with Crippen molar-refractivity contribution in [1.29, 1.82) is 0 Å². The Balaban J connectivity index is 1.49. The van der Waals surface area contributed by atoms with Gasteiger partial charge in [0.2, 0.25) is 0 Å². The van der Waals surface area contributed by atoms with Crippen molar-refractivity contribution in [2.75, 3.05) is 25.0 Å². The third-order valence-corrected chi connectivity index (χ3v) is 4.78. The smallest absolute Gasteiger partial charge is 0.271 e. The molecule has 1 saturated heterocycles. The van der Waals surface area contributed by atoms with Crippen LogP contribution >= 0.6 is 11.6 Å². The highest BCUT2D eigenvalue weighted by atomic mass is 35.5. The maximum atomic E-state index is 12.0. The Hall–Kier alpha value is -2.64. The standard InChI is InChI=1S/C19H20ClN3O4/c20-17-11-16(23(25)26)7-8-18(17)27-13-19(24)21-15-5-3-14(4-6-15)12-22-9-1-2-10-22/h3-8,11H,1-2,9-10,12-13H2,(H,21,24)/p+1. The molecule has 0 spiro atoms. The average molecular weight is 391 g/mol. The fourth-order valence-corrected chi connectivity index (χ4v) is 3.34. The highest BCUT2D eigenvalue weighted by molar-refractivity contribution is 6.32. The molecule has 1 fully saturated rings. The van der Waals surface area contributed by atoms with Crippen molar-refractivity contribution in [2.45, 2.75) is 19.4 Å². The van der Waals surface area contributed by atoms with Gasteiger partial charge in [0.25, 0.3) is 11.6 Å². The van der Waals surface area contributed by atoms with Crippen LogP contribution in [0.2, 0.25) is 5.02 Å². The summed E-state index contributed by atoms with van der Waals surface area (Å²) in [6.45, 7) is 3.22. The van der Waals surface area contributed by atoms with Crippen LogP contribution in [0.1, 0.15) is 18.4 Å². The molecule has 1 aliphatic rings. The highest BCUT2D eigenvalue weighted by Gasteiger charge is 2.15. The first-order valence-electron chi connectivity index (χ1n) is 8.80. The molecule has 2 aromatic carbocycles. The number of halogens is 1. The average Bonchev–Trinajstić information content (AvgIpc) is 3.15. The second kappa shape index (κ2) is 8.83. The van der Waals surface area contributed by atoms with Crippen molar-refractivity contribution in [3.8, 4) is 5.75 Å². The summed E-state index contributed by atoms with van der Waals surface area (Å²) in [5, 5.41) is 13.5. The summed E-state index contributed by atoms with van der Waals surface area (Å²) < 4.78 is 5.35. The molecule has 8 heteroatoms. The van der Waals surface area contributed by atoms with Gasteiger partial charge in [0, 0.05) is 36.2 Å². The van der Waals surface area contributed by atoms with E-state index in [0.29, 0.717) is 5.69 Å². The lowest BCUT2D eigenvalue weighted by molar-refractivity contribution is -0.901. The zero-order valence-corrected chi connectivity index (χ0v) is 15.5. The summed E-state index contributed by atoms with van der Waals surface area (Å²) in [5.74, 6) is -0.108. The zero-order chi connectivity index (χ0) is 19.2. The molecule has 142 valence electrons. The Bertz CT molecular complexity index is 820. The van der Waals surface area contributed by atoms with Gasteiger partial charge in [-0.15, -0.1) is 0 Å². The van der Waals surface area contributed by atoms with E-state index in [1.165, 1.54) is 49.7 Å². The van der Waals surface area contributed by atoms with Gasteiger partial charge in [0.15, 0.2) is 6.61 Å². The monoisotopic (exact) mass is 390 g/mol. The van der Waals surface area contributed by atoms with Crippen LogP contribution in [0, 0.1) is 10.1 Å². The number of nitro benzene ring substituents is 1. The fourth-order valence-electron chi connectivity index (χ4n) is 3.11. The van der Waals surface area contributed by atoms with E-state index in [1.807, 2.05) is 24.3 Å². The molecule has 0 unspecified atom stereocenters. The normalized spacial score (nSPS) is 14.1. The molecule has 1 heterocycles. The maximum Gasteiger partial charge on any atom is 0.271 e. The van der Waals surface area contributed by atoms with Gasteiger partial charge in [-0.1, -0.05) is 23.7 Å². The number of carbonyl (C=O) groups is 1. The van der Waals surface area contributed by atoms with Crippen LogP contribution in [0.3, 0.4) is 0 Å². The number of rotatable bonds is 7. The van der Waals surface area contributed by atoms with Crippen molar-refractivity contribution in [2.24, 2.45) is 0 Å². The predicted molar refractivity (Wildman–Crippen MR) is 102 cm³/mol. The number of likely N-dealkylation sites (tertiary alicyclic amines) is 1. The molecule has 0 atom stereocenters. The van der Waals surface area contributed by atoms with Crippen LogP contribution in [0.25, 0.3) is 0 Å². The van der Waals surface area contributed by atoms with E-state index in [-0.39, 0.29) is 29.0 Å². The summed E-state index contributed by atoms with van der Waals surface area (Å²) in [6, 6.07) is 11.6. The molecule has 3 rings (SSSR count). The summed E-state index contributed by atoms with van der Waals surface area (Å²) in [5.41, 5.74) is 1.81. The zero-order valence-electron chi connectivity index (χ0n) is 14.7. The minimum Gasteiger partial charge on any atom is -0.482 e. The topological polar surface area (TPSA) is 85.9 Å². The fraction of sp³-hybridized carbons (Fsp3) is 0.316. The molecule has 0 aromatic heterocycles. The number of ether oxygens (including phenoxy) is 1. The second-order valence-corrected chi connectivity index (χ2v) is 6.95. The number of benzene rings is 2. The third kappa shape index (κ3) is 5.42. The van der Waals surface area contributed by atoms with Gasteiger partial charge >= 0.3 is 0 Å². The third-order valence-electron chi connectivity index (χ3n) is 4.49. The van der Waals surface area contributed by atoms with Crippen molar-refractivity contribution in [3.05, 3.63) is 63.2 Å². The van der Waals surface area contributed by atoms with Gasteiger partial charge < -0.3 is 15.0 Å². The molecule has 2 aromatic rings. The molecule has 2 N–H and O–H groups in total. The van der Waals surface area contributed by atoms with E-state index in [9.17, 15) is 14.9 Å². The van der Waals surface area contributed by atoms with Crippen molar-refractivity contribution >= 4 is 28.9 Å². The van der Waals surface area contributed by atoms with Gasteiger partial charge in [-0.25, -0.2) is 0 Å². The molecule has 1 amide bonds. The maximum absolute atomic E-state index is 12.0. The van der Waals surface area contributed by atoms with Crippen LogP contribution < -0.4 is 15.0 Å². The lowest BCUT2D eigenvalue weighted by Gasteiger charge is -2.12. The van der Waals surface area contributed by atoms with E-state index in [1.54, 1.807) is 4.90 Å². The molecule has 0 saturated carbocycles. The van der Waals surface area contributed by atoms with Crippen LogP contribution in [0.15, 0.2) is 42.5 Å². The van der Waals surface area contributed by atoms with Crippen molar-refractivity contribution < 1.29 is 19.4 Å². The Morgan fingerprint density at radius 3 is 2.52 bits per heavy atom. The molecule has 27 heavy (non-hydrogen) atoms. The number of nitrogens with one attached hydrogen (secondary N) is 2. The molecule has 0 aliphatic carbocycles. The van der Waals surface area contributed by atoms with Crippen LogP contribution in [0.5, 0.6) is 5.75 Å². The van der Waals surface area contributed by atoms with Gasteiger partial charge in [-0.05, 0) is 18.2 Å². The molecule has 0 radical (unpaired) electrons. The number of anilines is 1. The van der Waals surface area contributed by atoms with E-state index in [0.717, 1.165) is 6.54 Å². The number of hydrogen-bond donors (Lipinski definition) is 2.